The molecular weight excluding hydrogens is 324 g/mol. The van der Waals surface area contributed by atoms with Gasteiger partial charge >= 0.3 is 5.91 Å². The molecule has 1 heterocycles. The maximum Gasteiger partial charge on any atom is 0.326 e. The average Bonchev–Trinajstić information content (AvgIpc) is 2.68. The van der Waals surface area contributed by atoms with E-state index in [0.29, 0.717) is 13.1 Å². The fourth-order valence-corrected chi connectivity index (χ4v) is 3.20. The Kier molecular flexibility index (Phi) is 5.35. The van der Waals surface area contributed by atoms with Gasteiger partial charge in [-0.2, -0.15) is 4.48 Å². The van der Waals surface area contributed by atoms with Crippen LogP contribution in [0.15, 0.2) is 78.5 Å². The number of para-hydroxylation sites is 1. The average molecular weight is 349 g/mol. The molecule has 4 heteroatoms. The molecule has 134 valence electrons. The van der Waals surface area contributed by atoms with Crippen LogP contribution >= 0.6 is 0 Å². The minimum atomic E-state index is -0.0861. The van der Waals surface area contributed by atoms with Crippen LogP contribution in [0, 0.1) is 5.92 Å². The zero-order chi connectivity index (χ0) is 18.6. The van der Waals surface area contributed by atoms with E-state index >= 15 is 0 Å². The Morgan fingerprint density at radius 1 is 1.08 bits per heavy atom. The molecule has 0 bridgehead atoms. The third-order valence-electron chi connectivity index (χ3n) is 4.51. The van der Waals surface area contributed by atoms with Gasteiger partial charge in [0.25, 0.3) is 0 Å². The standard InChI is InChI=1S/C22H25N2O2/c1-17(2)22(25)24(14-6-7-18(15-23)16-24)19-10-12-21(13-11-19)26-20-8-4-3-5-9-20/h3-13,16-17H,14-15,23H2,1-2H3/q+1. The first-order valence-corrected chi connectivity index (χ1v) is 8.89. The van der Waals surface area contributed by atoms with Crippen LogP contribution in [0.4, 0.5) is 5.69 Å². The van der Waals surface area contributed by atoms with Crippen LogP contribution < -0.4 is 15.0 Å². The summed E-state index contributed by atoms with van der Waals surface area (Å²) in [6.07, 6.45) is 6.00. The summed E-state index contributed by atoms with van der Waals surface area (Å²) in [7, 11) is 0. The molecule has 0 radical (unpaired) electrons. The minimum Gasteiger partial charge on any atom is -0.457 e. The van der Waals surface area contributed by atoms with Crippen LogP contribution in [0.25, 0.3) is 0 Å². The third-order valence-corrected chi connectivity index (χ3v) is 4.51. The van der Waals surface area contributed by atoms with Crippen LogP contribution in [0.5, 0.6) is 11.5 Å². The number of hydrogen-bond acceptors (Lipinski definition) is 3. The summed E-state index contributed by atoms with van der Waals surface area (Å²) in [5, 5.41) is 0. The lowest BCUT2D eigenvalue weighted by molar-refractivity contribution is -0.130. The van der Waals surface area contributed by atoms with E-state index in [2.05, 4.69) is 0 Å². The smallest absolute Gasteiger partial charge is 0.326 e. The van der Waals surface area contributed by atoms with Gasteiger partial charge in [0, 0.05) is 24.3 Å². The van der Waals surface area contributed by atoms with E-state index in [9.17, 15) is 4.79 Å². The van der Waals surface area contributed by atoms with Gasteiger partial charge in [-0.1, -0.05) is 24.3 Å². The fourth-order valence-electron chi connectivity index (χ4n) is 3.20. The fraction of sp³-hybridized carbons (Fsp3) is 0.227. The van der Waals surface area contributed by atoms with E-state index in [-0.39, 0.29) is 16.3 Å². The molecule has 2 N–H and O–H groups in total. The van der Waals surface area contributed by atoms with E-state index in [1.165, 1.54) is 0 Å². The third kappa shape index (κ3) is 3.62. The molecule has 1 amide bonds. The van der Waals surface area contributed by atoms with Crippen molar-refractivity contribution in [2.75, 3.05) is 13.1 Å². The maximum absolute atomic E-state index is 13.1. The van der Waals surface area contributed by atoms with Gasteiger partial charge in [0.2, 0.25) is 0 Å². The van der Waals surface area contributed by atoms with Crippen LogP contribution in [0.1, 0.15) is 13.8 Å². The van der Waals surface area contributed by atoms with Gasteiger partial charge in [0.15, 0.2) is 0 Å². The lowest BCUT2D eigenvalue weighted by atomic mass is 10.0. The summed E-state index contributed by atoms with van der Waals surface area (Å²) < 4.78 is 6.02. The van der Waals surface area contributed by atoms with Crippen molar-refractivity contribution in [3.63, 3.8) is 0 Å². The summed E-state index contributed by atoms with van der Waals surface area (Å²) in [6.45, 7) is 4.88. The molecule has 1 aliphatic rings. The number of benzene rings is 2. The number of carbonyl (C=O) groups is 1. The minimum absolute atomic E-state index is 0.0861. The number of hydrogen-bond donors (Lipinski definition) is 1. The first-order chi connectivity index (χ1) is 12.5. The van der Waals surface area contributed by atoms with Crippen LogP contribution in [0.3, 0.4) is 0 Å². The first-order valence-electron chi connectivity index (χ1n) is 8.89. The molecule has 4 nitrogen and oxygen atoms in total. The Labute approximate surface area is 154 Å². The molecule has 26 heavy (non-hydrogen) atoms. The molecule has 0 saturated carbocycles. The summed E-state index contributed by atoms with van der Waals surface area (Å²) in [6, 6.07) is 17.4. The maximum atomic E-state index is 13.1. The van der Waals surface area contributed by atoms with Crippen molar-refractivity contribution in [1.82, 2.24) is 4.48 Å². The Balaban J connectivity index is 1.94. The van der Waals surface area contributed by atoms with Gasteiger partial charge in [-0.05, 0) is 44.2 Å². The van der Waals surface area contributed by atoms with Gasteiger partial charge in [-0.3, -0.25) is 0 Å². The topological polar surface area (TPSA) is 52.3 Å². The van der Waals surface area contributed by atoms with Crippen molar-refractivity contribution in [2.45, 2.75) is 13.8 Å². The number of nitrogens with zero attached hydrogens (tertiary/aromatic N) is 1. The highest BCUT2D eigenvalue weighted by molar-refractivity contribution is 5.92. The molecule has 0 aromatic heterocycles. The van der Waals surface area contributed by atoms with Gasteiger partial charge in [-0.15, -0.1) is 0 Å². The van der Waals surface area contributed by atoms with E-state index in [4.69, 9.17) is 10.5 Å². The summed E-state index contributed by atoms with van der Waals surface area (Å²) >= 11 is 0. The molecule has 0 aliphatic carbocycles. The highest BCUT2D eigenvalue weighted by Crippen LogP contribution is 2.33. The predicted octanol–water partition coefficient (Wildman–Crippen LogP) is 4.38. The molecule has 2 aromatic rings. The highest BCUT2D eigenvalue weighted by Gasteiger charge is 2.40. The molecule has 0 spiro atoms. The number of nitrogens with two attached hydrogens (primary N) is 1. The van der Waals surface area contributed by atoms with Crippen molar-refractivity contribution in [3.8, 4) is 11.5 Å². The molecule has 1 aliphatic heterocycles. The molecule has 1 atom stereocenters. The van der Waals surface area contributed by atoms with Crippen LogP contribution in [0.2, 0.25) is 0 Å². The van der Waals surface area contributed by atoms with Gasteiger partial charge in [0.1, 0.15) is 29.9 Å². The second kappa shape index (κ2) is 7.68. The van der Waals surface area contributed by atoms with Crippen LogP contribution in [-0.2, 0) is 4.79 Å². The van der Waals surface area contributed by atoms with Gasteiger partial charge in [-0.25, -0.2) is 4.79 Å². The predicted molar refractivity (Wildman–Crippen MR) is 106 cm³/mol. The lowest BCUT2D eigenvalue weighted by Crippen LogP contribution is -2.53. The first kappa shape index (κ1) is 18.1. The summed E-state index contributed by atoms with van der Waals surface area (Å²) in [5.74, 6) is 1.59. The van der Waals surface area contributed by atoms with Gasteiger partial charge < -0.3 is 10.5 Å². The van der Waals surface area contributed by atoms with E-state index < -0.39 is 0 Å². The summed E-state index contributed by atoms with van der Waals surface area (Å²) in [5.41, 5.74) is 7.71. The molecule has 3 rings (SSSR count). The van der Waals surface area contributed by atoms with E-state index in [1.54, 1.807) is 0 Å². The zero-order valence-corrected chi connectivity index (χ0v) is 15.3. The van der Waals surface area contributed by atoms with Crippen molar-refractivity contribution in [1.29, 1.82) is 0 Å². The second-order valence-electron chi connectivity index (χ2n) is 6.76. The number of rotatable bonds is 5. The molecule has 1 unspecified atom stereocenters. The Morgan fingerprint density at radius 3 is 2.35 bits per heavy atom. The number of carbonyl (C=O) groups excluding carboxylic acids is 1. The normalized spacial score (nSPS) is 19.3. The Hall–Kier alpha value is -2.69. The van der Waals surface area contributed by atoms with E-state index in [0.717, 1.165) is 22.8 Å². The molecule has 0 saturated heterocycles. The van der Waals surface area contributed by atoms with Crippen molar-refractivity contribution < 1.29 is 9.53 Å². The van der Waals surface area contributed by atoms with E-state index in [1.807, 2.05) is 86.8 Å². The molecule has 2 aromatic carbocycles. The van der Waals surface area contributed by atoms with Crippen molar-refractivity contribution in [3.05, 3.63) is 78.5 Å². The SMILES string of the molecule is CC(C)C(=O)[N+]1(c2ccc(Oc3ccccc3)cc2)C=C(CN)C=CC1. The number of quaternary nitrogens is 1. The number of amides is 1. The van der Waals surface area contributed by atoms with Crippen molar-refractivity contribution >= 4 is 11.6 Å². The van der Waals surface area contributed by atoms with Gasteiger partial charge in [0.05, 0.1) is 5.92 Å². The lowest BCUT2D eigenvalue weighted by Gasteiger charge is -2.34. The Bertz CT molecular complexity index is 823. The quantitative estimate of drug-likeness (QED) is 0.815. The largest absolute Gasteiger partial charge is 0.457 e. The van der Waals surface area contributed by atoms with Crippen LogP contribution in [-0.4, -0.2) is 19.0 Å². The highest BCUT2D eigenvalue weighted by atomic mass is 16.5. The second-order valence-corrected chi connectivity index (χ2v) is 6.76. The van der Waals surface area contributed by atoms with Crippen molar-refractivity contribution in [2.24, 2.45) is 11.7 Å². The monoisotopic (exact) mass is 349 g/mol. The number of ether oxygens (including phenoxy) is 1. The molecular formula is C22H25N2O2+. The Morgan fingerprint density at radius 2 is 1.73 bits per heavy atom. The summed E-state index contributed by atoms with van der Waals surface area (Å²) in [4.78, 5) is 13.1. The zero-order valence-electron chi connectivity index (χ0n) is 15.3. The molecule has 0 fully saturated rings.